The highest BCUT2D eigenvalue weighted by atomic mass is 16.4. The molecule has 1 rings (SSSR count). The van der Waals surface area contributed by atoms with Gasteiger partial charge < -0.3 is 15.7 Å². The number of carboxylic acid groups (broad SMARTS) is 1. The second kappa shape index (κ2) is 16.2. The van der Waals surface area contributed by atoms with Gasteiger partial charge in [0, 0.05) is 20.0 Å². The molecule has 0 aromatic rings. The number of carbonyl (C=O) groups is 1. The maximum atomic E-state index is 9.00. The predicted molar refractivity (Wildman–Crippen MR) is 119 cm³/mol. The van der Waals surface area contributed by atoms with Crippen molar-refractivity contribution < 1.29 is 9.90 Å². The van der Waals surface area contributed by atoms with E-state index in [4.69, 9.17) is 9.90 Å². The van der Waals surface area contributed by atoms with Crippen LogP contribution in [0.15, 0.2) is 9.98 Å². The van der Waals surface area contributed by atoms with E-state index in [0.717, 1.165) is 44.8 Å². The second-order valence-electron chi connectivity index (χ2n) is 7.81. The summed E-state index contributed by atoms with van der Waals surface area (Å²) in [6.07, 6.45) is 12.8. The SMILES string of the molecule is CC(=O)O.CCCCCCCCN=C1NC(=NCCCCCC)NC(C)(C)N1. The van der Waals surface area contributed by atoms with Crippen LogP contribution in [-0.2, 0) is 4.79 Å². The fraction of sp³-hybridized carbons (Fsp3) is 0.857. The van der Waals surface area contributed by atoms with E-state index in [0.29, 0.717) is 0 Å². The van der Waals surface area contributed by atoms with Gasteiger partial charge >= 0.3 is 0 Å². The molecule has 164 valence electrons. The van der Waals surface area contributed by atoms with Gasteiger partial charge in [-0.15, -0.1) is 0 Å². The average Bonchev–Trinajstić information content (AvgIpc) is 2.59. The molecule has 0 aromatic heterocycles. The van der Waals surface area contributed by atoms with Crippen LogP contribution in [0.3, 0.4) is 0 Å². The predicted octanol–water partition coefficient (Wildman–Crippen LogP) is 4.25. The van der Waals surface area contributed by atoms with Gasteiger partial charge in [-0.2, -0.15) is 0 Å². The molecule has 0 amide bonds. The van der Waals surface area contributed by atoms with E-state index in [1.54, 1.807) is 0 Å². The van der Waals surface area contributed by atoms with Crippen molar-refractivity contribution in [3.8, 4) is 0 Å². The van der Waals surface area contributed by atoms with Gasteiger partial charge in [-0.1, -0.05) is 65.2 Å². The van der Waals surface area contributed by atoms with Crippen LogP contribution >= 0.6 is 0 Å². The molecule has 7 nitrogen and oxygen atoms in total. The largest absolute Gasteiger partial charge is 0.481 e. The maximum Gasteiger partial charge on any atom is 0.300 e. The minimum Gasteiger partial charge on any atom is -0.481 e. The summed E-state index contributed by atoms with van der Waals surface area (Å²) in [7, 11) is 0. The lowest BCUT2D eigenvalue weighted by Gasteiger charge is -2.36. The minimum atomic E-state index is -0.833. The molecule has 1 heterocycles. The van der Waals surface area contributed by atoms with Gasteiger partial charge in [-0.05, 0) is 26.7 Å². The van der Waals surface area contributed by atoms with Crippen molar-refractivity contribution in [2.45, 2.75) is 104 Å². The van der Waals surface area contributed by atoms with Gasteiger partial charge in [-0.3, -0.25) is 20.1 Å². The molecule has 0 atom stereocenters. The van der Waals surface area contributed by atoms with Crippen molar-refractivity contribution in [1.29, 1.82) is 0 Å². The fourth-order valence-corrected chi connectivity index (χ4v) is 2.77. The van der Waals surface area contributed by atoms with Gasteiger partial charge in [-0.25, -0.2) is 0 Å². The number of aliphatic imine (C=N–C) groups is 2. The Balaban J connectivity index is 0.00000165. The Kier molecular flexibility index (Phi) is 15.2. The Morgan fingerprint density at radius 1 is 0.821 bits per heavy atom. The summed E-state index contributed by atoms with van der Waals surface area (Å²) in [5.41, 5.74) is -0.215. The van der Waals surface area contributed by atoms with E-state index in [2.05, 4.69) is 53.6 Å². The highest BCUT2D eigenvalue weighted by molar-refractivity contribution is 6.01. The number of hydrogen-bond acceptors (Lipinski definition) is 3. The summed E-state index contributed by atoms with van der Waals surface area (Å²) in [6, 6.07) is 0. The van der Waals surface area contributed by atoms with E-state index < -0.39 is 5.97 Å². The zero-order chi connectivity index (χ0) is 21.3. The minimum absolute atomic E-state index is 0.215. The van der Waals surface area contributed by atoms with Crippen LogP contribution in [0, 0.1) is 0 Å². The molecule has 0 aliphatic carbocycles. The molecule has 0 saturated carbocycles. The van der Waals surface area contributed by atoms with E-state index in [1.165, 1.54) is 51.4 Å². The van der Waals surface area contributed by atoms with E-state index in [9.17, 15) is 0 Å². The summed E-state index contributed by atoms with van der Waals surface area (Å²) in [6.45, 7) is 11.5. The number of aliphatic carboxylic acids is 1. The molecule has 1 fully saturated rings. The molecule has 0 radical (unpaired) electrons. The summed E-state index contributed by atoms with van der Waals surface area (Å²) < 4.78 is 0. The number of nitrogens with one attached hydrogen (secondary N) is 3. The van der Waals surface area contributed by atoms with Crippen molar-refractivity contribution in [2.75, 3.05) is 13.1 Å². The number of guanidine groups is 2. The monoisotopic (exact) mass is 397 g/mol. The zero-order valence-corrected chi connectivity index (χ0v) is 18.7. The lowest BCUT2D eigenvalue weighted by molar-refractivity contribution is -0.134. The Bertz CT molecular complexity index is 471. The first-order valence-corrected chi connectivity index (χ1v) is 10.9. The molecule has 4 N–H and O–H groups in total. The van der Waals surface area contributed by atoms with Crippen molar-refractivity contribution in [3.05, 3.63) is 0 Å². The van der Waals surface area contributed by atoms with Crippen molar-refractivity contribution >= 4 is 17.9 Å². The van der Waals surface area contributed by atoms with Crippen LogP contribution in [0.2, 0.25) is 0 Å². The number of carboxylic acids is 1. The third-order valence-corrected chi connectivity index (χ3v) is 4.16. The van der Waals surface area contributed by atoms with Gasteiger partial charge in [0.15, 0.2) is 11.9 Å². The molecule has 28 heavy (non-hydrogen) atoms. The molecule has 0 aromatic carbocycles. The third-order valence-electron chi connectivity index (χ3n) is 4.16. The van der Waals surface area contributed by atoms with Crippen molar-refractivity contribution in [2.24, 2.45) is 9.98 Å². The van der Waals surface area contributed by atoms with Crippen LogP contribution < -0.4 is 16.0 Å². The summed E-state index contributed by atoms with van der Waals surface area (Å²) >= 11 is 0. The molecule has 7 heteroatoms. The maximum absolute atomic E-state index is 9.00. The summed E-state index contributed by atoms with van der Waals surface area (Å²) in [5, 5.41) is 17.5. The van der Waals surface area contributed by atoms with Gasteiger partial charge in [0.05, 0.1) is 0 Å². The van der Waals surface area contributed by atoms with Crippen LogP contribution in [-0.4, -0.2) is 41.7 Å². The second-order valence-corrected chi connectivity index (χ2v) is 7.81. The molecule has 0 bridgehead atoms. The average molecular weight is 398 g/mol. The number of rotatable bonds is 12. The molecule has 1 aliphatic rings. The smallest absolute Gasteiger partial charge is 0.300 e. The van der Waals surface area contributed by atoms with Crippen LogP contribution in [0.25, 0.3) is 0 Å². The molecule has 0 spiro atoms. The lowest BCUT2D eigenvalue weighted by Crippen LogP contribution is -2.68. The third kappa shape index (κ3) is 16.4. The molecule has 1 saturated heterocycles. The topological polar surface area (TPSA) is 98.1 Å². The normalized spacial score (nSPS) is 17.9. The summed E-state index contributed by atoms with van der Waals surface area (Å²) in [5.74, 6) is 0.858. The highest BCUT2D eigenvalue weighted by Crippen LogP contribution is 2.06. The first-order valence-electron chi connectivity index (χ1n) is 10.9. The van der Waals surface area contributed by atoms with Gasteiger partial charge in [0.1, 0.15) is 5.66 Å². The molecular weight excluding hydrogens is 354 g/mol. The van der Waals surface area contributed by atoms with E-state index in [-0.39, 0.29) is 5.66 Å². The van der Waals surface area contributed by atoms with Crippen LogP contribution in [0.4, 0.5) is 0 Å². The van der Waals surface area contributed by atoms with E-state index >= 15 is 0 Å². The summed E-state index contributed by atoms with van der Waals surface area (Å²) in [4.78, 5) is 18.3. The first-order chi connectivity index (χ1) is 13.3. The Morgan fingerprint density at radius 2 is 1.18 bits per heavy atom. The zero-order valence-electron chi connectivity index (χ0n) is 18.7. The number of unbranched alkanes of at least 4 members (excludes halogenated alkanes) is 8. The van der Waals surface area contributed by atoms with E-state index in [1.807, 2.05) is 0 Å². The van der Waals surface area contributed by atoms with Crippen molar-refractivity contribution in [3.63, 3.8) is 0 Å². The quantitative estimate of drug-likeness (QED) is 0.369. The molecular formula is C21H43N5O2. The Hall–Kier alpha value is -1.79. The van der Waals surface area contributed by atoms with Crippen molar-refractivity contribution in [1.82, 2.24) is 16.0 Å². The fourth-order valence-electron chi connectivity index (χ4n) is 2.77. The standard InChI is InChI=1S/C19H39N5.C2H4O2/c1-5-7-9-11-12-14-16-21-18-22-17(23-19(3,4)24-18)20-15-13-10-8-6-2;1-2(3)4/h5-16H2,1-4H3,(H3,20,21,22,23,24);1H3,(H,3,4). The first kappa shape index (κ1) is 26.2. The van der Waals surface area contributed by atoms with Crippen LogP contribution in [0.5, 0.6) is 0 Å². The Labute approximate surface area is 171 Å². The van der Waals surface area contributed by atoms with Gasteiger partial charge in [0.2, 0.25) is 0 Å². The molecule has 0 unspecified atom stereocenters. The highest BCUT2D eigenvalue weighted by Gasteiger charge is 2.26. The molecule has 1 aliphatic heterocycles. The van der Waals surface area contributed by atoms with Crippen LogP contribution in [0.1, 0.15) is 98.8 Å². The lowest BCUT2D eigenvalue weighted by atomic mass is 10.1. The number of hydrogen-bond donors (Lipinski definition) is 4. The number of nitrogens with zero attached hydrogens (tertiary/aromatic N) is 2. The van der Waals surface area contributed by atoms with Gasteiger partial charge in [0.25, 0.3) is 5.97 Å². The Morgan fingerprint density at radius 3 is 1.61 bits per heavy atom.